The molecule has 0 atom stereocenters. The molecule has 0 bridgehead atoms. The molecule has 19 heavy (non-hydrogen) atoms. The molecule has 5 heteroatoms. The molecule has 1 aromatic carbocycles. The fourth-order valence-corrected chi connectivity index (χ4v) is 2.64. The topological polar surface area (TPSA) is 55.7 Å². The summed E-state index contributed by atoms with van der Waals surface area (Å²) < 4.78 is 0. The molecule has 0 aliphatic carbocycles. The van der Waals surface area contributed by atoms with Crippen molar-refractivity contribution in [1.82, 2.24) is 15.0 Å². The minimum atomic E-state index is 0.565. The molecule has 2 heterocycles. The summed E-state index contributed by atoms with van der Waals surface area (Å²) in [5, 5.41) is 2.41. The van der Waals surface area contributed by atoms with Gasteiger partial charge in [-0.25, -0.2) is 15.0 Å². The molecule has 0 radical (unpaired) electrons. The predicted molar refractivity (Wildman–Crippen MR) is 73.3 cm³/mol. The minimum absolute atomic E-state index is 0.565. The predicted octanol–water partition coefficient (Wildman–Crippen LogP) is 2.99. The van der Waals surface area contributed by atoms with E-state index in [1.54, 1.807) is 18.3 Å². The van der Waals surface area contributed by atoms with Crippen LogP contribution in [0.4, 0.5) is 0 Å². The molecule has 3 rings (SSSR count). The number of para-hydroxylation sites is 1. The number of pyridine rings is 1. The summed E-state index contributed by atoms with van der Waals surface area (Å²) in [4.78, 5) is 23.7. The summed E-state index contributed by atoms with van der Waals surface area (Å²) in [6.07, 6.45) is 3.99. The fourth-order valence-electron chi connectivity index (χ4n) is 1.73. The van der Waals surface area contributed by atoms with Crippen LogP contribution in [0.2, 0.25) is 0 Å². The molecule has 0 N–H and O–H groups in total. The van der Waals surface area contributed by atoms with Crippen LogP contribution < -0.4 is 0 Å². The van der Waals surface area contributed by atoms with Gasteiger partial charge in [-0.2, -0.15) is 0 Å². The van der Waals surface area contributed by atoms with Crippen molar-refractivity contribution in [3.63, 3.8) is 0 Å². The maximum Gasteiger partial charge on any atom is 0.152 e. The summed E-state index contributed by atoms with van der Waals surface area (Å²) in [5.41, 5.74) is 1.44. The van der Waals surface area contributed by atoms with E-state index in [0.29, 0.717) is 10.6 Å². The van der Waals surface area contributed by atoms with Gasteiger partial charge in [0.25, 0.3) is 0 Å². The monoisotopic (exact) mass is 267 g/mol. The third-order valence-corrected chi connectivity index (χ3v) is 3.68. The largest absolute Gasteiger partial charge is 0.298 e. The molecular formula is C14H9N3OS. The average molecular weight is 267 g/mol. The number of carbonyl (C=O) groups excluding carboxylic acids is 1. The second-order valence-corrected chi connectivity index (χ2v) is 4.79. The van der Waals surface area contributed by atoms with E-state index in [2.05, 4.69) is 15.0 Å². The van der Waals surface area contributed by atoms with E-state index >= 15 is 0 Å². The van der Waals surface area contributed by atoms with E-state index in [-0.39, 0.29) is 0 Å². The van der Waals surface area contributed by atoms with Gasteiger partial charge in [-0.3, -0.25) is 4.79 Å². The molecule has 3 aromatic rings. The molecule has 0 aliphatic heterocycles. The number of hydrogen-bond acceptors (Lipinski definition) is 5. The van der Waals surface area contributed by atoms with Crippen molar-refractivity contribution in [2.45, 2.75) is 10.1 Å². The summed E-state index contributed by atoms with van der Waals surface area (Å²) in [7, 11) is 0. The molecule has 92 valence electrons. The SMILES string of the molecule is O=Cc1cccnc1Sc1ncnc2ccccc12. The van der Waals surface area contributed by atoms with Gasteiger partial charge in [0, 0.05) is 17.1 Å². The van der Waals surface area contributed by atoms with E-state index < -0.39 is 0 Å². The molecule has 0 aliphatic rings. The number of rotatable bonds is 3. The quantitative estimate of drug-likeness (QED) is 0.539. The lowest BCUT2D eigenvalue weighted by molar-refractivity contribution is 0.112. The third kappa shape index (κ3) is 2.32. The summed E-state index contributed by atoms with van der Waals surface area (Å²) in [6, 6.07) is 11.2. The van der Waals surface area contributed by atoms with Crippen LogP contribution >= 0.6 is 11.8 Å². The Balaban J connectivity index is 2.08. The van der Waals surface area contributed by atoms with Crippen molar-refractivity contribution < 1.29 is 4.79 Å². The Morgan fingerprint density at radius 3 is 2.74 bits per heavy atom. The zero-order valence-corrected chi connectivity index (χ0v) is 10.7. The van der Waals surface area contributed by atoms with Crippen LogP contribution in [-0.4, -0.2) is 21.2 Å². The van der Waals surface area contributed by atoms with Crippen LogP contribution in [0.15, 0.2) is 59.0 Å². The molecule has 0 fully saturated rings. The van der Waals surface area contributed by atoms with Gasteiger partial charge in [-0.1, -0.05) is 18.2 Å². The smallest absolute Gasteiger partial charge is 0.152 e. The fraction of sp³-hybridized carbons (Fsp3) is 0. The van der Waals surface area contributed by atoms with E-state index in [9.17, 15) is 4.79 Å². The Labute approximate surface area is 113 Å². The standard InChI is InChI=1S/C14H9N3OS/c18-8-10-4-3-7-15-13(10)19-14-11-5-1-2-6-12(11)16-9-17-14/h1-9H. The van der Waals surface area contributed by atoms with Crippen LogP contribution in [0, 0.1) is 0 Å². The number of carbonyl (C=O) groups is 1. The maximum absolute atomic E-state index is 11.0. The van der Waals surface area contributed by atoms with Crippen LogP contribution in [0.1, 0.15) is 10.4 Å². The minimum Gasteiger partial charge on any atom is -0.298 e. The molecular weight excluding hydrogens is 258 g/mol. The Bertz CT molecular complexity index is 740. The van der Waals surface area contributed by atoms with Gasteiger partial charge in [0.15, 0.2) is 6.29 Å². The van der Waals surface area contributed by atoms with Crippen molar-refractivity contribution >= 4 is 29.0 Å². The molecule has 2 aromatic heterocycles. The van der Waals surface area contributed by atoms with Gasteiger partial charge >= 0.3 is 0 Å². The van der Waals surface area contributed by atoms with Crippen molar-refractivity contribution in [2.75, 3.05) is 0 Å². The van der Waals surface area contributed by atoms with E-state index in [0.717, 1.165) is 22.2 Å². The first-order chi connectivity index (χ1) is 9.38. The average Bonchev–Trinajstić information content (AvgIpc) is 2.48. The van der Waals surface area contributed by atoms with Crippen molar-refractivity contribution in [3.8, 4) is 0 Å². The first kappa shape index (κ1) is 11.8. The van der Waals surface area contributed by atoms with Gasteiger partial charge in [0.1, 0.15) is 16.4 Å². The summed E-state index contributed by atoms with van der Waals surface area (Å²) in [6.45, 7) is 0. The van der Waals surface area contributed by atoms with Gasteiger partial charge in [0.2, 0.25) is 0 Å². The molecule has 0 saturated heterocycles. The molecule has 0 unspecified atom stereocenters. The van der Waals surface area contributed by atoms with E-state index in [1.165, 1.54) is 18.1 Å². The highest BCUT2D eigenvalue weighted by Gasteiger charge is 2.09. The first-order valence-corrected chi connectivity index (χ1v) is 6.48. The highest BCUT2D eigenvalue weighted by atomic mass is 32.2. The number of aldehydes is 1. The van der Waals surface area contributed by atoms with E-state index in [4.69, 9.17) is 0 Å². The first-order valence-electron chi connectivity index (χ1n) is 5.66. The number of nitrogens with zero attached hydrogens (tertiary/aromatic N) is 3. The number of hydrogen-bond donors (Lipinski definition) is 0. The Morgan fingerprint density at radius 1 is 0.947 bits per heavy atom. The van der Waals surface area contributed by atoms with Gasteiger partial charge in [-0.15, -0.1) is 0 Å². The van der Waals surface area contributed by atoms with Crippen LogP contribution in [-0.2, 0) is 0 Å². The lowest BCUT2D eigenvalue weighted by Gasteiger charge is -2.05. The highest BCUT2D eigenvalue weighted by Crippen LogP contribution is 2.30. The van der Waals surface area contributed by atoms with Gasteiger partial charge < -0.3 is 0 Å². The normalized spacial score (nSPS) is 10.5. The van der Waals surface area contributed by atoms with Gasteiger partial charge in [-0.05, 0) is 30.0 Å². The Morgan fingerprint density at radius 2 is 1.84 bits per heavy atom. The Kier molecular flexibility index (Phi) is 3.20. The van der Waals surface area contributed by atoms with Crippen molar-refractivity contribution in [3.05, 3.63) is 54.5 Å². The summed E-state index contributed by atoms with van der Waals surface area (Å²) >= 11 is 1.37. The number of fused-ring (bicyclic) bond motifs is 1. The van der Waals surface area contributed by atoms with Crippen LogP contribution in [0.25, 0.3) is 10.9 Å². The van der Waals surface area contributed by atoms with Gasteiger partial charge in [0.05, 0.1) is 5.52 Å². The summed E-state index contributed by atoms with van der Waals surface area (Å²) in [5.74, 6) is 0. The van der Waals surface area contributed by atoms with Crippen LogP contribution in [0.5, 0.6) is 0 Å². The molecule has 0 spiro atoms. The van der Waals surface area contributed by atoms with Crippen LogP contribution in [0.3, 0.4) is 0 Å². The lowest BCUT2D eigenvalue weighted by atomic mass is 10.2. The molecule has 0 saturated carbocycles. The lowest BCUT2D eigenvalue weighted by Crippen LogP contribution is -1.91. The maximum atomic E-state index is 11.0. The second kappa shape index (κ2) is 5.16. The molecule has 4 nitrogen and oxygen atoms in total. The number of aromatic nitrogens is 3. The van der Waals surface area contributed by atoms with E-state index in [1.807, 2.05) is 24.3 Å². The zero-order valence-electron chi connectivity index (χ0n) is 9.85. The molecule has 0 amide bonds. The van der Waals surface area contributed by atoms with Crippen molar-refractivity contribution in [1.29, 1.82) is 0 Å². The highest BCUT2D eigenvalue weighted by molar-refractivity contribution is 7.99. The van der Waals surface area contributed by atoms with Crippen molar-refractivity contribution in [2.24, 2.45) is 0 Å². The zero-order chi connectivity index (χ0) is 13.1. The Hall–Kier alpha value is -2.27. The third-order valence-electron chi connectivity index (χ3n) is 2.63. The number of benzene rings is 1. The second-order valence-electron chi connectivity index (χ2n) is 3.81.